The normalized spacial score (nSPS) is 19.0. The van der Waals surface area contributed by atoms with Crippen molar-refractivity contribution in [2.75, 3.05) is 30.7 Å². The SMILES string of the molecule is CC1(C)CCCN(CCC(=O)Nc2cccc(N)c2)CC1. The Bertz CT molecular complexity index is 485. The summed E-state index contributed by atoms with van der Waals surface area (Å²) < 4.78 is 0. The second-order valence-corrected chi connectivity index (χ2v) is 6.78. The fraction of sp³-hybridized carbons (Fsp3) is 0.588. The third-order valence-corrected chi connectivity index (χ3v) is 4.26. The quantitative estimate of drug-likeness (QED) is 0.837. The molecule has 0 atom stereocenters. The van der Waals surface area contributed by atoms with Crippen molar-refractivity contribution in [1.82, 2.24) is 4.90 Å². The van der Waals surface area contributed by atoms with E-state index in [4.69, 9.17) is 5.73 Å². The summed E-state index contributed by atoms with van der Waals surface area (Å²) >= 11 is 0. The van der Waals surface area contributed by atoms with E-state index in [2.05, 4.69) is 24.1 Å². The number of carbonyl (C=O) groups is 1. The lowest BCUT2D eigenvalue weighted by Crippen LogP contribution is -2.29. The molecule has 0 aliphatic carbocycles. The minimum Gasteiger partial charge on any atom is -0.399 e. The molecule has 2 rings (SSSR count). The smallest absolute Gasteiger partial charge is 0.225 e. The first-order valence-electron chi connectivity index (χ1n) is 7.82. The fourth-order valence-corrected chi connectivity index (χ4v) is 2.80. The van der Waals surface area contributed by atoms with E-state index in [9.17, 15) is 4.79 Å². The van der Waals surface area contributed by atoms with Crippen molar-refractivity contribution in [2.24, 2.45) is 5.41 Å². The van der Waals surface area contributed by atoms with Crippen molar-refractivity contribution >= 4 is 17.3 Å². The van der Waals surface area contributed by atoms with Crippen LogP contribution in [-0.2, 0) is 4.79 Å². The van der Waals surface area contributed by atoms with Gasteiger partial charge in [-0.2, -0.15) is 0 Å². The van der Waals surface area contributed by atoms with Crippen LogP contribution in [0.2, 0.25) is 0 Å². The van der Waals surface area contributed by atoms with Gasteiger partial charge in [-0.15, -0.1) is 0 Å². The number of nitrogen functional groups attached to an aromatic ring is 1. The highest BCUT2D eigenvalue weighted by molar-refractivity contribution is 5.91. The number of nitrogens with two attached hydrogens (primary N) is 1. The van der Waals surface area contributed by atoms with Gasteiger partial charge < -0.3 is 16.0 Å². The van der Waals surface area contributed by atoms with Gasteiger partial charge in [0, 0.05) is 24.3 Å². The Labute approximate surface area is 127 Å². The predicted octanol–water partition coefficient (Wildman–Crippen LogP) is 3.11. The topological polar surface area (TPSA) is 58.4 Å². The molecule has 0 spiro atoms. The maximum Gasteiger partial charge on any atom is 0.225 e. The molecular formula is C17H27N3O. The van der Waals surface area contributed by atoms with Gasteiger partial charge in [0.05, 0.1) is 0 Å². The summed E-state index contributed by atoms with van der Waals surface area (Å²) in [4.78, 5) is 14.4. The molecule has 0 aromatic heterocycles. The van der Waals surface area contributed by atoms with Crippen molar-refractivity contribution in [3.63, 3.8) is 0 Å². The summed E-state index contributed by atoms with van der Waals surface area (Å²) in [5.74, 6) is 0.0594. The monoisotopic (exact) mass is 289 g/mol. The molecule has 4 heteroatoms. The van der Waals surface area contributed by atoms with E-state index < -0.39 is 0 Å². The van der Waals surface area contributed by atoms with Gasteiger partial charge in [0.25, 0.3) is 0 Å². The molecule has 1 aliphatic heterocycles. The Hall–Kier alpha value is -1.55. The van der Waals surface area contributed by atoms with Gasteiger partial charge in [0.15, 0.2) is 0 Å². The van der Waals surface area contributed by atoms with Gasteiger partial charge in [-0.3, -0.25) is 4.79 Å². The molecule has 1 amide bonds. The summed E-state index contributed by atoms with van der Waals surface area (Å²) in [6.07, 6.45) is 4.25. The van der Waals surface area contributed by atoms with Crippen LogP contribution in [-0.4, -0.2) is 30.4 Å². The molecule has 1 heterocycles. The summed E-state index contributed by atoms with van der Waals surface area (Å²) in [6.45, 7) is 7.71. The Morgan fingerprint density at radius 3 is 2.90 bits per heavy atom. The molecule has 0 bridgehead atoms. The second kappa shape index (κ2) is 6.94. The number of nitrogens with zero attached hydrogens (tertiary/aromatic N) is 1. The molecule has 1 aromatic carbocycles. The predicted molar refractivity (Wildman–Crippen MR) is 88.2 cm³/mol. The van der Waals surface area contributed by atoms with Crippen molar-refractivity contribution in [3.05, 3.63) is 24.3 Å². The fourth-order valence-electron chi connectivity index (χ4n) is 2.80. The standard InChI is InChI=1S/C17H27N3O/c1-17(2)8-4-10-20(12-9-17)11-7-16(21)19-15-6-3-5-14(18)13-15/h3,5-6,13H,4,7-12,18H2,1-2H3,(H,19,21). The van der Waals surface area contributed by atoms with Crippen LogP contribution >= 0.6 is 0 Å². The summed E-state index contributed by atoms with van der Waals surface area (Å²) in [5, 5.41) is 2.91. The molecule has 0 radical (unpaired) electrons. The van der Waals surface area contributed by atoms with Crippen molar-refractivity contribution in [2.45, 2.75) is 39.5 Å². The molecule has 1 aromatic rings. The number of carbonyl (C=O) groups excluding carboxylic acids is 1. The van der Waals surface area contributed by atoms with Crippen LogP contribution in [0, 0.1) is 5.41 Å². The Kier molecular flexibility index (Phi) is 5.23. The van der Waals surface area contributed by atoms with Crippen LogP contribution in [0.5, 0.6) is 0 Å². The first-order valence-corrected chi connectivity index (χ1v) is 7.82. The summed E-state index contributed by atoms with van der Waals surface area (Å²) in [7, 11) is 0. The van der Waals surface area contributed by atoms with Gasteiger partial charge in [-0.05, 0) is 56.0 Å². The average Bonchev–Trinajstić information content (AvgIpc) is 2.57. The second-order valence-electron chi connectivity index (χ2n) is 6.78. The van der Waals surface area contributed by atoms with Gasteiger partial charge in [-0.25, -0.2) is 0 Å². The lowest BCUT2D eigenvalue weighted by molar-refractivity contribution is -0.116. The zero-order valence-electron chi connectivity index (χ0n) is 13.2. The third-order valence-electron chi connectivity index (χ3n) is 4.26. The maximum absolute atomic E-state index is 12.0. The summed E-state index contributed by atoms with van der Waals surface area (Å²) in [5.41, 5.74) is 7.60. The molecule has 3 N–H and O–H groups in total. The Morgan fingerprint density at radius 1 is 1.33 bits per heavy atom. The minimum atomic E-state index is 0.0594. The van der Waals surface area contributed by atoms with Crippen molar-refractivity contribution in [3.8, 4) is 0 Å². The number of benzene rings is 1. The number of hydrogen-bond acceptors (Lipinski definition) is 3. The van der Waals surface area contributed by atoms with E-state index in [-0.39, 0.29) is 5.91 Å². The number of rotatable bonds is 4. The largest absolute Gasteiger partial charge is 0.399 e. The lowest BCUT2D eigenvalue weighted by atomic mass is 9.85. The van der Waals surface area contributed by atoms with Crippen LogP contribution in [0.15, 0.2) is 24.3 Å². The molecule has 116 valence electrons. The Balaban J connectivity index is 1.76. The van der Waals surface area contributed by atoms with Crippen LogP contribution in [0.1, 0.15) is 39.5 Å². The number of nitrogens with one attached hydrogen (secondary N) is 1. The maximum atomic E-state index is 12.0. The summed E-state index contributed by atoms with van der Waals surface area (Å²) in [6, 6.07) is 7.31. The highest BCUT2D eigenvalue weighted by Gasteiger charge is 2.23. The number of anilines is 2. The molecule has 1 saturated heterocycles. The van der Waals surface area contributed by atoms with Crippen LogP contribution in [0.25, 0.3) is 0 Å². The first kappa shape index (κ1) is 15.8. The molecule has 4 nitrogen and oxygen atoms in total. The van der Waals surface area contributed by atoms with E-state index in [1.807, 2.05) is 18.2 Å². The van der Waals surface area contributed by atoms with E-state index in [0.29, 0.717) is 17.5 Å². The zero-order valence-corrected chi connectivity index (χ0v) is 13.2. The van der Waals surface area contributed by atoms with E-state index >= 15 is 0 Å². The molecule has 1 fully saturated rings. The molecule has 0 unspecified atom stereocenters. The number of hydrogen-bond donors (Lipinski definition) is 2. The first-order chi connectivity index (χ1) is 9.94. The number of amides is 1. The van der Waals surface area contributed by atoms with E-state index in [0.717, 1.165) is 25.3 Å². The molecular weight excluding hydrogens is 262 g/mol. The average molecular weight is 289 g/mol. The highest BCUT2D eigenvalue weighted by atomic mass is 16.1. The third kappa shape index (κ3) is 5.38. The van der Waals surface area contributed by atoms with Crippen LogP contribution < -0.4 is 11.1 Å². The van der Waals surface area contributed by atoms with Crippen LogP contribution in [0.4, 0.5) is 11.4 Å². The van der Waals surface area contributed by atoms with Crippen molar-refractivity contribution < 1.29 is 4.79 Å². The van der Waals surface area contributed by atoms with Gasteiger partial charge in [0.1, 0.15) is 0 Å². The highest BCUT2D eigenvalue weighted by Crippen LogP contribution is 2.29. The zero-order chi connectivity index (χ0) is 15.3. The lowest BCUT2D eigenvalue weighted by Gasteiger charge is -2.23. The molecule has 21 heavy (non-hydrogen) atoms. The Morgan fingerprint density at radius 2 is 2.14 bits per heavy atom. The minimum absolute atomic E-state index is 0.0594. The number of likely N-dealkylation sites (tertiary alicyclic amines) is 1. The van der Waals surface area contributed by atoms with E-state index in [1.165, 1.54) is 19.3 Å². The van der Waals surface area contributed by atoms with Gasteiger partial charge in [-0.1, -0.05) is 19.9 Å². The van der Waals surface area contributed by atoms with Gasteiger partial charge in [0.2, 0.25) is 5.91 Å². The van der Waals surface area contributed by atoms with Crippen molar-refractivity contribution in [1.29, 1.82) is 0 Å². The molecule has 0 saturated carbocycles. The van der Waals surface area contributed by atoms with Crippen LogP contribution in [0.3, 0.4) is 0 Å². The van der Waals surface area contributed by atoms with Gasteiger partial charge >= 0.3 is 0 Å². The molecule has 1 aliphatic rings. The van der Waals surface area contributed by atoms with E-state index in [1.54, 1.807) is 6.07 Å².